The van der Waals surface area contributed by atoms with Crippen molar-refractivity contribution >= 4 is 11.5 Å². The molecule has 0 bridgehead atoms. The Balaban J connectivity index is 2.71. The van der Waals surface area contributed by atoms with Gasteiger partial charge in [-0.1, -0.05) is 0 Å². The molecule has 15 heavy (non-hydrogen) atoms. The number of hydrogen-bond acceptors (Lipinski definition) is 3. The van der Waals surface area contributed by atoms with E-state index < -0.39 is 0 Å². The van der Waals surface area contributed by atoms with Crippen molar-refractivity contribution in [2.24, 2.45) is 0 Å². The summed E-state index contributed by atoms with van der Waals surface area (Å²) in [6.45, 7) is 10.5. The number of aromatic nitrogens is 1. The highest BCUT2D eigenvalue weighted by atomic mass is 15.2. The van der Waals surface area contributed by atoms with Crippen LogP contribution in [0.3, 0.4) is 0 Å². The van der Waals surface area contributed by atoms with E-state index in [9.17, 15) is 0 Å². The lowest BCUT2D eigenvalue weighted by Crippen LogP contribution is -2.22. The van der Waals surface area contributed by atoms with E-state index in [0.717, 1.165) is 24.6 Å². The predicted octanol–water partition coefficient (Wildman–Crippen LogP) is 2.75. The monoisotopic (exact) mass is 207 g/mol. The van der Waals surface area contributed by atoms with Crippen LogP contribution in [0.25, 0.3) is 0 Å². The van der Waals surface area contributed by atoms with Crippen molar-refractivity contribution in [3.05, 3.63) is 18.3 Å². The third kappa shape index (κ3) is 3.42. The van der Waals surface area contributed by atoms with E-state index in [1.807, 2.05) is 6.20 Å². The lowest BCUT2D eigenvalue weighted by atomic mass is 10.3. The van der Waals surface area contributed by atoms with E-state index in [-0.39, 0.29) is 0 Å². The van der Waals surface area contributed by atoms with Gasteiger partial charge in [-0.05, 0) is 39.8 Å². The van der Waals surface area contributed by atoms with Gasteiger partial charge in [-0.25, -0.2) is 4.98 Å². The van der Waals surface area contributed by atoms with Crippen LogP contribution >= 0.6 is 0 Å². The highest BCUT2D eigenvalue weighted by Gasteiger charge is 2.02. The second-order valence-corrected chi connectivity index (χ2v) is 3.88. The summed E-state index contributed by atoms with van der Waals surface area (Å²) in [6, 6.07) is 4.60. The number of nitrogens with zero attached hydrogens (tertiary/aromatic N) is 2. The molecule has 0 aromatic carbocycles. The Morgan fingerprint density at radius 3 is 2.33 bits per heavy atom. The highest BCUT2D eigenvalue weighted by molar-refractivity contribution is 5.48. The average Bonchev–Trinajstić information content (AvgIpc) is 2.21. The molecule has 1 heterocycles. The largest absolute Gasteiger partial charge is 0.382 e. The SMILES string of the molecule is CCN(CC)c1ccc(NC(C)C)cn1. The Kier molecular flexibility index (Phi) is 4.40. The van der Waals surface area contributed by atoms with Gasteiger partial charge in [0, 0.05) is 19.1 Å². The summed E-state index contributed by atoms with van der Waals surface area (Å²) in [5.41, 5.74) is 1.08. The quantitative estimate of drug-likeness (QED) is 0.804. The molecule has 1 rings (SSSR count). The summed E-state index contributed by atoms with van der Waals surface area (Å²) in [7, 11) is 0. The Labute approximate surface area is 92.5 Å². The van der Waals surface area contributed by atoms with Crippen LogP contribution in [0.2, 0.25) is 0 Å². The molecule has 0 saturated heterocycles. The molecule has 1 aromatic rings. The van der Waals surface area contributed by atoms with E-state index in [4.69, 9.17) is 0 Å². The molecule has 0 aliphatic rings. The minimum atomic E-state index is 0.450. The standard InChI is InChI=1S/C12H21N3/c1-5-15(6-2)12-8-7-11(9-13-12)14-10(3)4/h7-10,14H,5-6H2,1-4H3. The number of nitrogens with one attached hydrogen (secondary N) is 1. The molecule has 0 aliphatic carbocycles. The van der Waals surface area contributed by atoms with Crippen molar-refractivity contribution in [3.63, 3.8) is 0 Å². The first-order chi connectivity index (χ1) is 7.17. The number of hydrogen-bond donors (Lipinski definition) is 1. The molecule has 84 valence electrons. The van der Waals surface area contributed by atoms with Gasteiger partial charge in [-0.15, -0.1) is 0 Å². The van der Waals surface area contributed by atoms with Gasteiger partial charge in [0.2, 0.25) is 0 Å². The fourth-order valence-electron chi connectivity index (χ4n) is 1.54. The van der Waals surface area contributed by atoms with E-state index in [1.54, 1.807) is 0 Å². The minimum Gasteiger partial charge on any atom is -0.382 e. The molecular formula is C12H21N3. The molecule has 3 nitrogen and oxygen atoms in total. The number of rotatable bonds is 5. The Hall–Kier alpha value is -1.25. The summed E-state index contributed by atoms with van der Waals surface area (Å²) < 4.78 is 0. The van der Waals surface area contributed by atoms with Crippen molar-refractivity contribution in [1.29, 1.82) is 0 Å². The second-order valence-electron chi connectivity index (χ2n) is 3.88. The lowest BCUT2D eigenvalue weighted by molar-refractivity contribution is 0.844. The summed E-state index contributed by atoms with van der Waals surface area (Å²) in [4.78, 5) is 6.67. The second kappa shape index (κ2) is 5.59. The van der Waals surface area contributed by atoms with Gasteiger partial charge in [-0.3, -0.25) is 0 Å². The van der Waals surface area contributed by atoms with Gasteiger partial charge >= 0.3 is 0 Å². The van der Waals surface area contributed by atoms with Crippen molar-refractivity contribution in [3.8, 4) is 0 Å². The topological polar surface area (TPSA) is 28.2 Å². The zero-order valence-corrected chi connectivity index (χ0v) is 10.1. The van der Waals surface area contributed by atoms with Crippen LogP contribution in [0, 0.1) is 0 Å². The van der Waals surface area contributed by atoms with E-state index >= 15 is 0 Å². The predicted molar refractivity (Wildman–Crippen MR) is 66.6 cm³/mol. The van der Waals surface area contributed by atoms with Crippen LogP contribution in [0.4, 0.5) is 11.5 Å². The highest BCUT2D eigenvalue weighted by Crippen LogP contribution is 2.14. The van der Waals surface area contributed by atoms with Crippen molar-refractivity contribution in [2.75, 3.05) is 23.3 Å². The Morgan fingerprint density at radius 2 is 1.93 bits per heavy atom. The maximum absolute atomic E-state index is 4.44. The van der Waals surface area contributed by atoms with Crippen molar-refractivity contribution in [2.45, 2.75) is 33.7 Å². The zero-order chi connectivity index (χ0) is 11.3. The maximum Gasteiger partial charge on any atom is 0.128 e. The molecule has 3 heteroatoms. The first-order valence-corrected chi connectivity index (χ1v) is 5.64. The van der Waals surface area contributed by atoms with Gasteiger partial charge in [0.15, 0.2) is 0 Å². The number of anilines is 2. The van der Waals surface area contributed by atoms with Crippen LogP contribution in [0.15, 0.2) is 18.3 Å². The first-order valence-electron chi connectivity index (χ1n) is 5.64. The third-order valence-electron chi connectivity index (χ3n) is 2.29. The van der Waals surface area contributed by atoms with Gasteiger partial charge in [0.25, 0.3) is 0 Å². The summed E-state index contributed by atoms with van der Waals surface area (Å²) in [6.07, 6.45) is 1.90. The Bertz CT molecular complexity index is 275. The lowest BCUT2D eigenvalue weighted by Gasteiger charge is -2.20. The minimum absolute atomic E-state index is 0.450. The molecule has 0 unspecified atom stereocenters. The van der Waals surface area contributed by atoms with Crippen LogP contribution in [-0.4, -0.2) is 24.1 Å². The van der Waals surface area contributed by atoms with Crippen LogP contribution < -0.4 is 10.2 Å². The normalized spacial score (nSPS) is 10.5. The maximum atomic E-state index is 4.44. The van der Waals surface area contributed by atoms with E-state index in [1.165, 1.54) is 0 Å². The molecule has 1 N–H and O–H groups in total. The number of pyridine rings is 1. The molecule has 0 atom stereocenters. The fourth-order valence-corrected chi connectivity index (χ4v) is 1.54. The van der Waals surface area contributed by atoms with Crippen molar-refractivity contribution in [1.82, 2.24) is 4.98 Å². The third-order valence-corrected chi connectivity index (χ3v) is 2.29. The smallest absolute Gasteiger partial charge is 0.128 e. The van der Waals surface area contributed by atoms with E-state index in [0.29, 0.717) is 6.04 Å². The van der Waals surface area contributed by atoms with Crippen LogP contribution in [-0.2, 0) is 0 Å². The molecule has 0 radical (unpaired) electrons. The van der Waals surface area contributed by atoms with Crippen LogP contribution in [0.5, 0.6) is 0 Å². The summed E-state index contributed by atoms with van der Waals surface area (Å²) >= 11 is 0. The van der Waals surface area contributed by atoms with Gasteiger partial charge < -0.3 is 10.2 Å². The average molecular weight is 207 g/mol. The summed E-state index contributed by atoms with van der Waals surface area (Å²) in [5, 5.41) is 3.33. The fraction of sp³-hybridized carbons (Fsp3) is 0.583. The molecule has 0 fully saturated rings. The molecular weight excluding hydrogens is 186 g/mol. The summed E-state index contributed by atoms with van der Waals surface area (Å²) in [5.74, 6) is 1.05. The molecule has 1 aromatic heterocycles. The van der Waals surface area contributed by atoms with Crippen molar-refractivity contribution < 1.29 is 0 Å². The Morgan fingerprint density at radius 1 is 1.27 bits per heavy atom. The van der Waals surface area contributed by atoms with Gasteiger partial charge in [0.05, 0.1) is 11.9 Å². The van der Waals surface area contributed by atoms with Crippen LogP contribution in [0.1, 0.15) is 27.7 Å². The van der Waals surface area contributed by atoms with E-state index in [2.05, 4.69) is 55.0 Å². The molecule has 0 amide bonds. The zero-order valence-electron chi connectivity index (χ0n) is 10.1. The van der Waals surface area contributed by atoms with Gasteiger partial charge in [0.1, 0.15) is 5.82 Å². The van der Waals surface area contributed by atoms with Gasteiger partial charge in [-0.2, -0.15) is 0 Å². The first kappa shape index (κ1) is 11.8. The molecule has 0 spiro atoms. The molecule has 0 aliphatic heterocycles. The molecule has 0 saturated carbocycles.